The highest BCUT2D eigenvalue weighted by atomic mass is 16.5. The van der Waals surface area contributed by atoms with Gasteiger partial charge in [0.1, 0.15) is 0 Å². The molecule has 0 spiro atoms. The number of ether oxygens (including phenoxy) is 1. The summed E-state index contributed by atoms with van der Waals surface area (Å²) in [6.45, 7) is 5.20. The number of hydrogen-bond donors (Lipinski definition) is 0. The number of allylic oxidation sites excluding steroid dienone is 2. The summed E-state index contributed by atoms with van der Waals surface area (Å²) in [5.74, 6) is 0.695. The number of likely N-dealkylation sites (N-methyl/N-ethyl adjacent to an activating group) is 1. The fourth-order valence-corrected chi connectivity index (χ4v) is 1.96. The normalized spacial score (nSPS) is 34.3. The molecule has 0 bridgehead atoms. The molecule has 78 valence electrons. The summed E-state index contributed by atoms with van der Waals surface area (Å²) in [5, 5.41) is 0. The molecule has 0 amide bonds. The molecule has 2 unspecified atom stereocenters. The lowest BCUT2D eigenvalue weighted by atomic mass is 9.95. The highest BCUT2D eigenvalue weighted by Gasteiger charge is 2.21. The molecule has 0 N–H and O–H groups in total. The van der Waals surface area contributed by atoms with E-state index in [-0.39, 0.29) is 0 Å². The molecule has 2 rings (SSSR count). The van der Waals surface area contributed by atoms with Crippen LogP contribution in [0.25, 0.3) is 0 Å². The number of hydrogen-bond acceptors (Lipinski definition) is 2. The van der Waals surface area contributed by atoms with Gasteiger partial charge in [-0.05, 0) is 25.0 Å². The second-order valence-electron chi connectivity index (χ2n) is 4.40. The average molecular weight is 193 g/mol. The van der Waals surface area contributed by atoms with Gasteiger partial charge in [0.25, 0.3) is 0 Å². The van der Waals surface area contributed by atoms with Crippen LogP contribution in [0.5, 0.6) is 0 Å². The van der Waals surface area contributed by atoms with E-state index in [1.165, 1.54) is 5.57 Å². The van der Waals surface area contributed by atoms with Crippen molar-refractivity contribution in [2.24, 2.45) is 5.92 Å². The molecule has 2 atom stereocenters. The monoisotopic (exact) mass is 193 g/mol. The van der Waals surface area contributed by atoms with Gasteiger partial charge in [0.05, 0.1) is 12.7 Å². The van der Waals surface area contributed by atoms with Crippen LogP contribution in [-0.2, 0) is 4.74 Å². The number of morpholine rings is 1. The highest BCUT2D eigenvalue weighted by Crippen LogP contribution is 2.21. The average Bonchev–Trinajstić information content (AvgIpc) is 2.19. The molecular formula is C12H19NO. The largest absolute Gasteiger partial charge is 0.371 e. The summed E-state index contributed by atoms with van der Waals surface area (Å²) in [4.78, 5) is 2.33. The molecule has 2 nitrogen and oxygen atoms in total. The lowest BCUT2D eigenvalue weighted by Gasteiger charge is -2.31. The molecule has 0 aromatic heterocycles. The Bertz CT molecular complexity index is 257. The van der Waals surface area contributed by atoms with Crippen LogP contribution in [-0.4, -0.2) is 37.7 Å². The van der Waals surface area contributed by atoms with Crippen molar-refractivity contribution in [1.29, 1.82) is 0 Å². The summed E-state index contributed by atoms with van der Waals surface area (Å²) >= 11 is 0. The van der Waals surface area contributed by atoms with E-state index in [0.717, 1.165) is 26.1 Å². The first-order chi connectivity index (χ1) is 6.75. The van der Waals surface area contributed by atoms with E-state index in [4.69, 9.17) is 4.74 Å². The maximum Gasteiger partial charge on any atom is 0.0949 e. The maximum absolute atomic E-state index is 5.76. The Morgan fingerprint density at radius 1 is 1.50 bits per heavy atom. The third kappa shape index (κ3) is 2.25. The third-order valence-electron chi connectivity index (χ3n) is 2.98. The minimum Gasteiger partial charge on any atom is -0.371 e. The summed E-state index contributed by atoms with van der Waals surface area (Å²) in [6.07, 6.45) is 8.31. The van der Waals surface area contributed by atoms with E-state index in [1.807, 2.05) is 0 Å². The van der Waals surface area contributed by atoms with Crippen LogP contribution in [0.1, 0.15) is 13.3 Å². The molecule has 0 radical (unpaired) electrons. The first-order valence-corrected chi connectivity index (χ1v) is 5.44. The Hall–Kier alpha value is -0.600. The van der Waals surface area contributed by atoms with Gasteiger partial charge in [-0.1, -0.05) is 25.2 Å². The van der Waals surface area contributed by atoms with Gasteiger partial charge in [0.2, 0.25) is 0 Å². The molecule has 14 heavy (non-hydrogen) atoms. The second kappa shape index (κ2) is 4.28. The van der Waals surface area contributed by atoms with Gasteiger partial charge < -0.3 is 9.64 Å². The molecule has 1 heterocycles. The Labute approximate surface area is 86.2 Å². The van der Waals surface area contributed by atoms with Crippen molar-refractivity contribution in [3.8, 4) is 0 Å². The minimum atomic E-state index is 0.303. The Kier molecular flexibility index (Phi) is 3.04. The minimum absolute atomic E-state index is 0.303. The molecule has 2 heteroatoms. The van der Waals surface area contributed by atoms with Crippen LogP contribution >= 0.6 is 0 Å². The molecule has 2 aliphatic rings. The van der Waals surface area contributed by atoms with Gasteiger partial charge in [-0.3, -0.25) is 0 Å². The zero-order valence-electron chi connectivity index (χ0n) is 9.07. The van der Waals surface area contributed by atoms with Crippen LogP contribution in [0.15, 0.2) is 23.8 Å². The van der Waals surface area contributed by atoms with Crippen LogP contribution in [0.4, 0.5) is 0 Å². The van der Waals surface area contributed by atoms with E-state index in [2.05, 4.69) is 37.1 Å². The maximum atomic E-state index is 5.76. The van der Waals surface area contributed by atoms with Crippen LogP contribution < -0.4 is 0 Å². The first kappa shape index (κ1) is 9.94. The number of nitrogens with zero attached hydrogens (tertiary/aromatic N) is 1. The van der Waals surface area contributed by atoms with Crippen molar-refractivity contribution in [3.63, 3.8) is 0 Å². The van der Waals surface area contributed by atoms with Gasteiger partial charge in [-0.25, -0.2) is 0 Å². The summed E-state index contributed by atoms with van der Waals surface area (Å²) in [5.41, 5.74) is 1.37. The lowest BCUT2D eigenvalue weighted by molar-refractivity contribution is 0.00225. The summed E-state index contributed by atoms with van der Waals surface area (Å²) < 4.78 is 5.76. The molecule has 1 fully saturated rings. The zero-order chi connectivity index (χ0) is 9.97. The highest BCUT2D eigenvalue weighted by molar-refractivity contribution is 5.27. The van der Waals surface area contributed by atoms with E-state index < -0.39 is 0 Å². The van der Waals surface area contributed by atoms with Gasteiger partial charge in [0, 0.05) is 13.1 Å². The molecule has 0 saturated carbocycles. The number of rotatable bonds is 1. The van der Waals surface area contributed by atoms with Crippen LogP contribution in [0.2, 0.25) is 0 Å². The van der Waals surface area contributed by atoms with Crippen molar-refractivity contribution in [2.75, 3.05) is 26.7 Å². The van der Waals surface area contributed by atoms with E-state index in [9.17, 15) is 0 Å². The van der Waals surface area contributed by atoms with E-state index in [0.29, 0.717) is 12.0 Å². The van der Waals surface area contributed by atoms with Crippen LogP contribution in [0, 0.1) is 5.92 Å². The molecule has 0 aromatic rings. The van der Waals surface area contributed by atoms with Crippen molar-refractivity contribution < 1.29 is 4.74 Å². The van der Waals surface area contributed by atoms with Crippen molar-refractivity contribution in [1.82, 2.24) is 4.90 Å². The SMILES string of the molecule is CC1C=CC(C2CN(C)CCO2)=CC1. The zero-order valence-corrected chi connectivity index (χ0v) is 9.07. The fourth-order valence-electron chi connectivity index (χ4n) is 1.96. The Morgan fingerprint density at radius 2 is 2.36 bits per heavy atom. The van der Waals surface area contributed by atoms with Gasteiger partial charge in [-0.15, -0.1) is 0 Å². The fraction of sp³-hybridized carbons (Fsp3) is 0.667. The summed E-state index contributed by atoms with van der Waals surface area (Å²) in [7, 11) is 2.16. The van der Waals surface area contributed by atoms with Crippen molar-refractivity contribution in [2.45, 2.75) is 19.4 Å². The van der Waals surface area contributed by atoms with Crippen molar-refractivity contribution >= 4 is 0 Å². The smallest absolute Gasteiger partial charge is 0.0949 e. The standard InChI is InChI=1S/C12H19NO/c1-10-3-5-11(6-4-10)12-9-13(2)7-8-14-12/h3,5-6,10,12H,4,7-9H2,1-2H3. The molecule has 1 aliphatic carbocycles. The van der Waals surface area contributed by atoms with Crippen molar-refractivity contribution in [3.05, 3.63) is 23.8 Å². The van der Waals surface area contributed by atoms with E-state index in [1.54, 1.807) is 0 Å². The second-order valence-corrected chi connectivity index (χ2v) is 4.40. The van der Waals surface area contributed by atoms with Gasteiger partial charge in [-0.2, -0.15) is 0 Å². The Balaban J connectivity index is 1.98. The van der Waals surface area contributed by atoms with Crippen LogP contribution in [0.3, 0.4) is 0 Å². The Morgan fingerprint density at radius 3 is 3.00 bits per heavy atom. The molecule has 1 saturated heterocycles. The quantitative estimate of drug-likeness (QED) is 0.630. The molecule has 0 aromatic carbocycles. The first-order valence-electron chi connectivity index (χ1n) is 5.44. The van der Waals surface area contributed by atoms with Gasteiger partial charge >= 0.3 is 0 Å². The predicted molar refractivity (Wildman–Crippen MR) is 58.2 cm³/mol. The topological polar surface area (TPSA) is 12.5 Å². The molecular weight excluding hydrogens is 174 g/mol. The lowest BCUT2D eigenvalue weighted by Crippen LogP contribution is -2.40. The molecule has 1 aliphatic heterocycles. The predicted octanol–water partition coefficient (Wildman–Crippen LogP) is 1.84. The third-order valence-corrected chi connectivity index (χ3v) is 2.98. The van der Waals surface area contributed by atoms with E-state index >= 15 is 0 Å². The summed E-state index contributed by atoms with van der Waals surface area (Å²) in [6, 6.07) is 0. The van der Waals surface area contributed by atoms with Gasteiger partial charge in [0.15, 0.2) is 0 Å².